The third-order valence-electron chi connectivity index (χ3n) is 18.0. The van der Waals surface area contributed by atoms with Crippen LogP contribution in [0, 0.1) is 0 Å². The summed E-state index contributed by atoms with van der Waals surface area (Å²) < 4.78 is 9.42. The van der Waals surface area contributed by atoms with Gasteiger partial charge in [0.1, 0.15) is 5.82 Å². The lowest BCUT2D eigenvalue weighted by molar-refractivity contribution is 0.952. The maximum atomic E-state index is 5.85. The summed E-state index contributed by atoms with van der Waals surface area (Å²) in [7, 11) is 0. The molecule has 0 aliphatic heterocycles. The van der Waals surface area contributed by atoms with Crippen molar-refractivity contribution in [2.45, 2.75) is 0 Å². The number of fused-ring (bicyclic) bond motifs is 12. The Balaban J connectivity index is 0.885. The normalized spacial score (nSPS) is 11.9. The van der Waals surface area contributed by atoms with Crippen LogP contribution in [0.5, 0.6) is 0 Å². The molecule has 0 spiro atoms. The van der Waals surface area contributed by atoms with Crippen molar-refractivity contribution in [1.29, 1.82) is 0 Å². The molecule has 18 rings (SSSR count). The van der Waals surface area contributed by atoms with E-state index in [1.165, 1.54) is 43.6 Å². The Morgan fingerprint density at radius 2 is 0.557 bits per heavy atom. The van der Waals surface area contributed by atoms with Crippen molar-refractivity contribution in [2.75, 3.05) is 0 Å². The number of hydrogen-bond acceptors (Lipinski definition) is 2. The molecule has 0 atom stereocenters. The van der Waals surface area contributed by atoms with Crippen molar-refractivity contribution in [1.82, 2.24) is 28.2 Å². The quantitative estimate of drug-likeness (QED) is 0.145. The molecule has 0 radical (unpaired) electrons. The second-order valence-corrected chi connectivity index (χ2v) is 22.9. The van der Waals surface area contributed by atoms with E-state index in [2.05, 4.69) is 334 Å². The smallest absolute Gasteiger partial charge is 0.237 e. The molecule has 0 saturated carbocycles. The van der Waals surface area contributed by atoms with Crippen molar-refractivity contribution in [3.05, 3.63) is 315 Å². The van der Waals surface area contributed by atoms with Crippen LogP contribution in [0.4, 0.5) is 0 Å². The highest BCUT2D eigenvalue weighted by atomic mass is 15.2. The summed E-state index contributed by atoms with van der Waals surface area (Å²) in [5.41, 5.74) is 21.8. The minimum Gasteiger partial charge on any atom is -0.309 e. The van der Waals surface area contributed by atoms with Crippen LogP contribution in [0.15, 0.2) is 315 Å². The molecular weight excluding hydrogens is 1070 g/mol. The van der Waals surface area contributed by atoms with Crippen LogP contribution >= 0.6 is 0 Å². The molecular formula is C82H52N6. The number of rotatable bonds is 9. The molecule has 0 aliphatic rings. The molecule has 5 heterocycles. The molecule has 0 fully saturated rings. The van der Waals surface area contributed by atoms with E-state index in [9.17, 15) is 0 Å². The van der Waals surface area contributed by atoms with E-state index in [1.807, 2.05) is 0 Å². The standard InChI is InChI=1S/C82H52N6/c1-5-21-53(22-6-1)55-37-42-62(54-23-7-2-8-24-54)69(47-55)72-52-81(87-75-35-19-13-29-63(75)67-43-38-58(50-79(67)87)56-40-45-77-70(48-56)65-31-15-17-33-73(65)85(77)60-25-9-3-10-26-60)84-82(83-72)88-76-36-20-14-30-64(76)68-44-39-59(51-80(68)88)57-41-46-78-71(49-57)66-32-16-18-34-74(66)86(78)61-27-11-4-12-28-61/h1-52H. The van der Waals surface area contributed by atoms with Crippen LogP contribution in [0.25, 0.3) is 166 Å². The van der Waals surface area contributed by atoms with E-state index in [-0.39, 0.29) is 0 Å². The molecule has 0 saturated heterocycles. The zero-order valence-electron chi connectivity index (χ0n) is 47.7. The fourth-order valence-corrected chi connectivity index (χ4v) is 14.0. The van der Waals surface area contributed by atoms with Crippen molar-refractivity contribution in [3.63, 3.8) is 0 Å². The molecule has 6 nitrogen and oxygen atoms in total. The number of hydrogen-bond donors (Lipinski definition) is 0. The summed E-state index contributed by atoms with van der Waals surface area (Å²) in [6.45, 7) is 0. The summed E-state index contributed by atoms with van der Waals surface area (Å²) in [5.74, 6) is 1.33. The largest absolute Gasteiger partial charge is 0.309 e. The van der Waals surface area contributed by atoms with E-state index in [0.717, 1.165) is 117 Å². The van der Waals surface area contributed by atoms with Gasteiger partial charge < -0.3 is 9.13 Å². The second-order valence-electron chi connectivity index (χ2n) is 22.9. The second kappa shape index (κ2) is 19.9. The Labute approximate surface area is 507 Å². The van der Waals surface area contributed by atoms with Gasteiger partial charge in [0.15, 0.2) is 0 Å². The van der Waals surface area contributed by atoms with Gasteiger partial charge in [0, 0.05) is 66.1 Å². The average molecular weight is 1120 g/mol. The highest BCUT2D eigenvalue weighted by Crippen LogP contribution is 2.43. The Morgan fingerprint density at radius 1 is 0.193 bits per heavy atom. The first kappa shape index (κ1) is 49.6. The van der Waals surface area contributed by atoms with Crippen LogP contribution < -0.4 is 0 Å². The summed E-state index contributed by atoms with van der Waals surface area (Å²) in [5, 5.41) is 9.39. The summed E-state index contributed by atoms with van der Waals surface area (Å²) in [4.78, 5) is 11.7. The number of aromatic nitrogens is 6. The van der Waals surface area contributed by atoms with Gasteiger partial charge in [0.25, 0.3) is 0 Å². The average Bonchev–Trinajstić information content (AvgIpc) is 2.24. The van der Waals surface area contributed by atoms with Crippen molar-refractivity contribution >= 4 is 87.2 Å². The predicted molar refractivity (Wildman–Crippen MR) is 367 cm³/mol. The Hall–Kier alpha value is -11.9. The van der Waals surface area contributed by atoms with Gasteiger partial charge >= 0.3 is 0 Å². The van der Waals surface area contributed by atoms with Gasteiger partial charge in [-0.3, -0.25) is 9.13 Å². The SMILES string of the molecule is c1ccc(-c2ccc(-c3ccccc3)c(-c3cc(-n4c5ccccc5c5ccc(-c6ccc7c(c6)c6ccccc6n7-c6ccccc6)cc54)nc(-n4c5ccccc5c5ccc(-c6ccc7c(c6)c6ccccc6n7-c6ccccc6)cc54)n3)c2)cc1. The van der Waals surface area contributed by atoms with E-state index in [1.54, 1.807) is 0 Å². The van der Waals surface area contributed by atoms with Crippen LogP contribution in [-0.2, 0) is 0 Å². The van der Waals surface area contributed by atoms with Gasteiger partial charge in [-0.05, 0) is 136 Å². The molecule has 410 valence electrons. The van der Waals surface area contributed by atoms with Gasteiger partial charge in [-0.2, -0.15) is 4.98 Å². The van der Waals surface area contributed by atoms with E-state index < -0.39 is 0 Å². The Bertz CT molecular complexity index is 5500. The van der Waals surface area contributed by atoms with Gasteiger partial charge in [0.05, 0.1) is 49.8 Å². The minimum absolute atomic E-state index is 0.573. The van der Waals surface area contributed by atoms with Crippen LogP contribution in [0.2, 0.25) is 0 Å². The first-order chi connectivity index (χ1) is 43.6. The van der Waals surface area contributed by atoms with E-state index in [0.29, 0.717) is 5.95 Å². The van der Waals surface area contributed by atoms with Crippen molar-refractivity contribution in [2.24, 2.45) is 0 Å². The van der Waals surface area contributed by atoms with Crippen molar-refractivity contribution < 1.29 is 0 Å². The van der Waals surface area contributed by atoms with Crippen molar-refractivity contribution in [3.8, 4) is 78.9 Å². The number of para-hydroxylation sites is 6. The summed E-state index contributed by atoms with van der Waals surface area (Å²) in [6, 6.07) is 114. The molecule has 0 amide bonds. The van der Waals surface area contributed by atoms with Crippen LogP contribution in [0.1, 0.15) is 0 Å². The zero-order valence-corrected chi connectivity index (χ0v) is 47.7. The van der Waals surface area contributed by atoms with Gasteiger partial charge in [-0.25, -0.2) is 4.98 Å². The lowest BCUT2D eigenvalue weighted by Crippen LogP contribution is -2.08. The Morgan fingerprint density at radius 3 is 1.08 bits per heavy atom. The third kappa shape index (κ3) is 7.82. The molecule has 5 aromatic heterocycles. The lowest BCUT2D eigenvalue weighted by Gasteiger charge is -2.17. The van der Waals surface area contributed by atoms with Gasteiger partial charge in [0.2, 0.25) is 5.95 Å². The lowest BCUT2D eigenvalue weighted by atomic mass is 9.93. The fourth-order valence-electron chi connectivity index (χ4n) is 14.0. The minimum atomic E-state index is 0.573. The van der Waals surface area contributed by atoms with Crippen LogP contribution in [0.3, 0.4) is 0 Å². The third-order valence-corrected chi connectivity index (χ3v) is 18.0. The maximum absolute atomic E-state index is 5.85. The van der Waals surface area contributed by atoms with Gasteiger partial charge in [-0.1, -0.05) is 218 Å². The first-order valence-corrected chi connectivity index (χ1v) is 30.0. The monoisotopic (exact) mass is 1120 g/mol. The van der Waals surface area contributed by atoms with E-state index in [4.69, 9.17) is 9.97 Å². The molecule has 6 heteroatoms. The molecule has 0 bridgehead atoms. The Kier molecular flexibility index (Phi) is 11.2. The van der Waals surface area contributed by atoms with Gasteiger partial charge in [-0.15, -0.1) is 0 Å². The topological polar surface area (TPSA) is 45.5 Å². The molecule has 88 heavy (non-hydrogen) atoms. The van der Waals surface area contributed by atoms with Crippen LogP contribution in [-0.4, -0.2) is 28.2 Å². The predicted octanol–water partition coefficient (Wildman–Crippen LogP) is 21.2. The first-order valence-electron chi connectivity index (χ1n) is 30.0. The summed E-state index contributed by atoms with van der Waals surface area (Å²) in [6.07, 6.45) is 0. The fraction of sp³-hybridized carbons (Fsp3) is 0. The number of benzene rings is 13. The molecule has 0 N–H and O–H groups in total. The molecule has 0 unspecified atom stereocenters. The molecule has 13 aromatic carbocycles. The highest BCUT2D eigenvalue weighted by Gasteiger charge is 2.24. The molecule has 0 aliphatic carbocycles. The number of nitrogens with zero attached hydrogens (tertiary/aromatic N) is 6. The summed E-state index contributed by atoms with van der Waals surface area (Å²) >= 11 is 0. The van der Waals surface area contributed by atoms with E-state index >= 15 is 0 Å². The highest BCUT2D eigenvalue weighted by molar-refractivity contribution is 6.14. The molecule has 18 aromatic rings. The maximum Gasteiger partial charge on any atom is 0.237 e. The zero-order chi connectivity index (χ0) is 57.8.